The molecule has 4 rings (SSSR count). The number of para-hydroxylation sites is 2. The van der Waals surface area contributed by atoms with Crippen LogP contribution in [0.4, 0.5) is 15.8 Å². The second-order valence-electron chi connectivity index (χ2n) is 6.97. The molecule has 0 aromatic heterocycles. The standard InChI is InChI=1S/C23H17Cl2FN2O2/c1-14-22(29)27(13-17-18(25)5-4-6-19(17)26)20-7-2-3-8-21(20)28(14)23(30)15-9-11-16(24)12-10-15/h2-12,14H,13H2,1H3/t14-/m1/s1. The van der Waals surface area contributed by atoms with Crippen LogP contribution >= 0.6 is 23.2 Å². The summed E-state index contributed by atoms with van der Waals surface area (Å²) in [5.41, 5.74) is 1.73. The molecule has 0 spiro atoms. The van der Waals surface area contributed by atoms with E-state index in [9.17, 15) is 14.0 Å². The number of nitrogens with zero attached hydrogens (tertiary/aromatic N) is 2. The maximum Gasteiger partial charge on any atom is 0.259 e. The Morgan fingerprint density at radius 1 is 0.967 bits per heavy atom. The molecule has 152 valence electrons. The van der Waals surface area contributed by atoms with E-state index < -0.39 is 11.9 Å². The normalized spacial score (nSPS) is 15.9. The third-order valence-electron chi connectivity index (χ3n) is 5.13. The van der Waals surface area contributed by atoms with Gasteiger partial charge in [-0.2, -0.15) is 0 Å². The molecule has 0 saturated carbocycles. The zero-order chi connectivity index (χ0) is 21.4. The fourth-order valence-corrected chi connectivity index (χ4v) is 3.93. The fourth-order valence-electron chi connectivity index (χ4n) is 3.58. The quantitative estimate of drug-likeness (QED) is 0.520. The minimum absolute atomic E-state index is 0.0331. The predicted molar refractivity (Wildman–Crippen MR) is 117 cm³/mol. The highest BCUT2D eigenvalue weighted by atomic mass is 35.5. The Bertz CT molecular complexity index is 1110. The first-order valence-corrected chi connectivity index (χ1v) is 10.1. The maximum absolute atomic E-state index is 14.4. The van der Waals surface area contributed by atoms with Gasteiger partial charge in [0.25, 0.3) is 5.91 Å². The molecular weight excluding hydrogens is 426 g/mol. The zero-order valence-corrected chi connectivity index (χ0v) is 17.5. The van der Waals surface area contributed by atoms with Crippen LogP contribution in [0.25, 0.3) is 0 Å². The molecule has 0 radical (unpaired) electrons. The number of fused-ring (bicyclic) bond motifs is 1. The molecule has 0 N–H and O–H groups in total. The van der Waals surface area contributed by atoms with Crippen molar-refractivity contribution in [3.05, 3.63) is 93.7 Å². The van der Waals surface area contributed by atoms with Crippen molar-refractivity contribution in [1.82, 2.24) is 0 Å². The summed E-state index contributed by atoms with van der Waals surface area (Å²) in [6.07, 6.45) is 0. The first-order valence-electron chi connectivity index (χ1n) is 9.31. The summed E-state index contributed by atoms with van der Waals surface area (Å²) in [5, 5.41) is 0.760. The van der Waals surface area contributed by atoms with E-state index in [0.29, 0.717) is 22.0 Å². The minimum atomic E-state index is -0.784. The number of amides is 2. The molecule has 7 heteroatoms. The third-order valence-corrected chi connectivity index (χ3v) is 5.74. The molecule has 30 heavy (non-hydrogen) atoms. The van der Waals surface area contributed by atoms with Gasteiger partial charge >= 0.3 is 0 Å². The number of carbonyl (C=O) groups is 2. The van der Waals surface area contributed by atoms with Crippen LogP contribution in [0.2, 0.25) is 10.0 Å². The van der Waals surface area contributed by atoms with E-state index in [2.05, 4.69) is 0 Å². The van der Waals surface area contributed by atoms with E-state index in [0.717, 1.165) is 0 Å². The average molecular weight is 443 g/mol. The Labute approximate surface area is 183 Å². The summed E-state index contributed by atoms with van der Waals surface area (Å²) in [4.78, 5) is 29.4. The maximum atomic E-state index is 14.4. The fraction of sp³-hybridized carbons (Fsp3) is 0.130. The average Bonchev–Trinajstić information content (AvgIpc) is 2.74. The molecule has 0 bridgehead atoms. The van der Waals surface area contributed by atoms with Crippen molar-refractivity contribution in [1.29, 1.82) is 0 Å². The van der Waals surface area contributed by atoms with E-state index in [1.807, 2.05) is 0 Å². The van der Waals surface area contributed by atoms with Crippen molar-refractivity contribution >= 4 is 46.4 Å². The van der Waals surface area contributed by atoms with Crippen molar-refractivity contribution in [2.75, 3.05) is 9.80 Å². The van der Waals surface area contributed by atoms with Crippen LogP contribution in [-0.2, 0) is 11.3 Å². The van der Waals surface area contributed by atoms with Gasteiger partial charge in [-0.05, 0) is 55.5 Å². The number of anilines is 2. The van der Waals surface area contributed by atoms with Crippen LogP contribution < -0.4 is 9.80 Å². The zero-order valence-electron chi connectivity index (χ0n) is 16.0. The SMILES string of the molecule is C[C@@H]1C(=O)N(Cc2c(F)cccc2Cl)c2ccccc2N1C(=O)c1ccc(Cl)cc1. The van der Waals surface area contributed by atoms with Crippen molar-refractivity contribution < 1.29 is 14.0 Å². The molecule has 1 aliphatic rings. The van der Waals surface area contributed by atoms with Gasteiger partial charge in [-0.1, -0.05) is 41.4 Å². The van der Waals surface area contributed by atoms with Crippen LogP contribution in [0.3, 0.4) is 0 Å². The van der Waals surface area contributed by atoms with Gasteiger partial charge in [0, 0.05) is 21.2 Å². The lowest BCUT2D eigenvalue weighted by Crippen LogP contribution is -2.54. The molecule has 4 nitrogen and oxygen atoms in total. The smallest absolute Gasteiger partial charge is 0.259 e. The predicted octanol–water partition coefficient (Wildman–Crippen LogP) is 5.71. The Morgan fingerprint density at radius 3 is 2.30 bits per heavy atom. The Hall–Kier alpha value is -2.89. The molecule has 2 amide bonds. The van der Waals surface area contributed by atoms with Crippen LogP contribution in [0.15, 0.2) is 66.7 Å². The Balaban J connectivity index is 1.77. The van der Waals surface area contributed by atoms with Crippen LogP contribution in [-0.4, -0.2) is 17.9 Å². The molecule has 3 aromatic carbocycles. The second-order valence-corrected chi connectivity index (χ2v) is 7.81. The molecule has 3 aromatic rings. The first kappa shape index (κ1) is 20.4. The summed E-state index contributed by atoms with van der Waals surface area (Å²) in [6.45, 7) is 1.62. The van der Waals surface area contributed by atoms with Crippen molar-refractivity contribution in [2.24, 2.45) is 0 Å². The van der Waals surface area contributed by atoms with Gasteiger partial charge < -0.3 is 4.90 Å². The van der Waals surface area contributed by atoms with Gasteiger partial charge in [-0.25, -0.2) is 4.39 Å². The highest BCUT2D eigenvalue weighted by Crippen LogP contribution is 2.38. The Kier molecular flexibility index (Phi) is 5.50. The van der Waals surface area contributed by atoms with E-state index in [4.69, 9.17) is 23.2 Å². The van der Waals surface area contributed by atoms with Gasteiger partial charge in [-0.3, -0.25) is 14.5 Å². The molecule has 0 unspecified atom stereocenters. The van der Waals surface area contributed by atoms with Gasteiger partial charge in [0.1, 0.15) is 11.9 Å². The van der Waals surface area contributed by atoms with Gasteiger partial charge in [0.2, 0.25) is 5.91 Å². The van der Waals surface area contributed by atoms with Crippen LogP contribution in [0.1, 0.15) is 22.8 Å². The number of carbonyl (C=O) groups excluding carboxylic acids is 2. The molecular formula is C23H17Cl2FN2O2. The molecule has 0 aliphatic carbocycles. The van der Waals surface area contributed by atoms with Crippen LogP contribution in [0.5, 0.6) is 0 Å². The summed E-state index contributed by atoms with van der Waals surface area (Å²) in [6, 6.07) is 17.2. The van der Waals surface area contributed by atoms with Gasteiger partial charge in [0.15, 0.2) is 0 Å². The molecule has 0 fully saturated rings. The Morgan fingerprint density at radius 2 is 1.63 bits per heavy atom. The number of rotatable bonds is 3. The van der Waals surface area contributed by atoms with E-state index in [-0.39, 0.29) is 28.9 Å². The first-order chi connectivity index (χ1) is 14.4. The lowest BCUT2D eigenvalue weighted by atomic mass is 10.0. The monoisotopic (exact) mass is 442 g/mol. The summed E-state index contributed by atoms with van der Waals surface area (Å²) in [7, 11) is 0. The summed E-state index contributed by atoms with van der Waals surface area (Å²) >= 11 is 12.1. The number of hydrogen-bond donors (Lipinski definition) is 0. The van der Waals surface area contributed by atoms with Crippen molar-refractivity contribution in [3.8, 4) is 0 Å². The van der Waals surface area contributed by atoms with Crippen LogP contribution in [0, 0.1) is 5.82 Å². The summed E-state index contributed by atoms with van der Waals surface area (Å²) < 4.78 is 14.4. The lowest BCUT2D eigenvalue weighted by molar-refractivity contribution is -0.119. The van der Waals surface area contributed by atoms with Crippen molar-refractivity contribution in [2.45, 2.75) is 19.5 Å². The number of hydrogen-bond acceptors (Lipinski definition) is 2. The van der Waals surface area contributed by atoms with E-state index in [1.54, 1.807) is 61.5 Å². The minimum Gasteiger partial charge on any atom is -0.304 e. The molecule has 1 heterocycles. The largest absolute Gasteiger partial charge is 0.304 e. The van der Waals surface area contributed by atoms with Gasteiger partial charge in [-0.15, -0.1) is 0 Å². The lowest BCUT2D eigenvalue weighted by Gasteiger charge is -2.40. The number of halogens is 3. The topological polar surface area (TPSA) is 40.6 Å². The van der Waals surface area contributed by atoms with E-state index >= 15 is 0 Å². The van der Waals surface area contributed by atoms with Crippen molar-refractivity contribution in [3.63, 3.8) is 0 Å². The van der Waals surface area contributed by atoms with Gasteiger partial charge in [0.05, 0.1) is 17.9 Å². The third kappa shape index (κ3) is 3.55. The summed E-state index contributed by atoms with van der Waals surface area (Å²) in [5.74, 6) is -1.13. The number of benzene rings is 3. The molecule has 1 atom stereocenters. The molecule has 1 aliphatic heterocycles. The second kappa shape index (κ2) is 8.09. The highest BCUT2D eigenvalue weighted by molar-refractivity contribution is 6.31. The molecule has 0 saturated heterocycles. The highest BCUT2D eigenvalue weighted by Gasteiger charge is 2.39. The van der Waals surface area contributed by atoms with E-state index in [1.165, 1.54) is 21.9 Å².